The van der Waals surface area contributed by atoms with Crippen molar-refractivity contribution < 1.29 is 13.2 Å². The first-order valence-electron chi connectivity index (χ1n) is 5.35. The number of halogens is 4. The van der Waals surface area contributed by atoms with E-state index in [9.17, 15) is 13.2 Å². The number of H-pyrrole nitrogens is 1. The smallest absolute Gasteiger partial charge is 0.142 e. The number of rotatable bonds is 1. The maximum absolute atomic E-state index is 13.7. The highest BCUT2D eigenvalue weighted by Gasteiger charge is 2.14. The molecule has 0 atom stereocenters. The quantitative estimate of drug-likeness (QED) is 0.662. The van der Waals surface area contributed by atoms with E-state index in [1.807, 2.05) is 0 Å². The van der Waals surface area contributed by atoms with Crippen LogP contribution in [0.4, 0.5) is 13.2 Å². The molecule has 0 unspecified atom stereocenters. The van der Waals surface area contributed by atoms with Gasteiger partial charge in [0, 0.05) is 0 Å². The Morgan fingerprint density at radius 3 is 2.58 bits per heavy atom. The van der Waals surface area contributed by atoms with Gasteiger partial charge in [0.05, 0.1) is 21.6 Å². The number of fused-ring (bicyclic) bond motifs is 1. The number of aromatic amines is 1. The van der Waals surface area contributed by atoms with Gasteiger partial charge in [-0.3, -0.25) is 0 Å². The molecule has 0 aliphatic carbocycles. The van der Waals surface area contributed by atoms with Gasteiger partial charge in [-0.15, -0.1) is 0 Å². The van der Waals surface area contributed by atoms with Crippen molar-refractivity contribution in [3.63, 3.8) is 0 Å². The van der Waals surface area contributed by atoms with Crippen molar-refractivity contribution in [2.24, 2.45) is 0 Å². The molecule has 19 heavy (non-hydrogen) atoms. The number of benzene rings is 2. The van der Waals surface area contributed by atoms with E-state index in [1.54, 1.807) is 0 Å². The summed E-state index contributed by atoms with van der Waals surface area (Å²) in [5, 5.41) is -0.302. The van der Waals surface area contributed by atoms with E-state index in [1.165, 1.54) is 18.2 Å². The van der Waals surface area contributed by atoms with Gasteiger partial charge in [-0.05, 0) is 30.3 Å². The van der Waals surface area contributed by atoms with E-state index >= 15 is 0 Å². The summed E-state index contributed by atoms with van der Waals surface area (Å²) in [4.78, 5) is 6.82. The van der Waals surface area contributed by atoms with Crippen molar-refractivity contribution >= 4 is 22.6 Å². The Morgan fingerprint density at radius 2 is 1.79 bits per heavy atom. The predicted octanol–water partition coefficient (Wildman–Crippen LogP) is 4.30. The van der Waals surface area contributed by atoms with E-state index in [2.05, 4.69) is 9.97 Å². The van der Waals surface area contributed by atoms with Crippen LogP contribution in [0.1, 0.15) is 0 Å². The minimum Gasteiger partial charge on any atom is -0.338 e. The standard InChI is InChI=1S/C13H6ClF3N2/c14-8-5-9(16)7(4-10(8)17)13-18-11-2-1-6(15)3-12(11)19-13/h1-5H,(H,18,19). The molecule has 0 saturated carbocycles. The molecule has 0 aliphatic heterocycles. The molecule has 3 aromatic rings. The number of nitrogens with zero attached hydrogens (tertiary/aromatic N) is 1. The molecule has 1 N–H and O–H groups in total. The fourth-order valence-electron chi connectivity index (χ4n) is 1.81. The molecular formula is C13H6ClF3N2. The third-order valence-corrected chi connectivity index (χ3v) is 3.00. The van der Waals surface area contributed by atoms with Crippen LogP contribution >= 0.6 is 11.6 Å². The van der Waals surface area contributed by atoms with Crippen LogP contribution in [0.5, 0.6) is 0 Å². The van der Waals surface area contributed by atoms with E-state index in [-0.39, 0.29) is 16.4 Å². The molecule has 0 spiro atoms. The highest BCUT2D eigenvalue weighted by molar-refractivity contribution is 6.30. The Morgan fingerprint density at radius 1 is 1.00 bits per heavy atom. The van der Waals surface area contributed by atoms with Crippen molar-refractivity contribution in [3.8, 4) is 11.4 Å². The third kappa shape index (κ3) is 2.06. The Kier molecular flexibility index (Phi) is 2.71. The Balaban J connectivity index is 2.21. The molecule has 1 aromatic heterocycles. The van der Waals surface area contributed by atoms with Gasteiger partial charge in [-0.1, -0.05) is 11.6 Å². The summed E-state index contributed by atoms with van der Waals surface area (Å²) in [5.74, 6) is -1.77. The molecule has 0 saturated heterocycles. The van der Waals surface area contributed by atoms with Crippen LogP contribution < -0.4 is 0 Å². The Bertz CT molecular complexity index is 783. The fraction of sp³-hybridized carbons (Fsp3) is 0. The zero-order valence-corrected chi connectivity index (χ0v) is 10.1. The largest absolute Gasteiger partial charge is 0.338 e. The van der Waals surface area contributed by atoms with Gasteiger partial charge < -0.3 is 4.98 Å². The van der Waals surface area contributed by atoms with Crippen molar-refractivity contribution in [3.05, 3.63) is 52.8 Å². The number of hydrogen-bond donors (Lipinski definition) is 1. The molecule has 0 bridgehead atoms. The zero-order chi connectivity index (χ0) is 13.6. The second-order valence-corrected chi connectivity index (χ2v) is 4.40. The minimum absolute atomic E-state index is 0.0569. The highest BCUT2D eigenvalue weighted by Crippen LogP contribution is 2.27. The maximum atomic E-state index is 13.7. The molecule has 0 fully saturated rings. The average molecular weight is 283 g/mol. The summed E-state index contributed by atoms with van der Waals surface area (Å²) >= 11 is 5.48. The van der Waals surface area contributed by atoms with E-state index in [0.29, 0.717) is 11.0 Å². The molecule has 2 aromatic carbocycles. The van der Waals surface area contributed by atoms with Crippen LogP contribution in [0.25, 0.3) is 22.4 Å². The van der Waals surface area contributed by atoms with Gasteiger partial charge in [-0.2, -0.15) is 0 Å². The number of aromatic nitrogens is 2. The van der Waals surface area contributed by atoms with E-state index in [4.69, 9.17) is 11.6 Å². The van der Waals surface area contributed by atoms with Crippen LogP contribution in [0, 0.1) is 17.5 Å². The van der Waals surface area contributed by atoms with Crippen LogP contribution in [0.3, 0.4) is 0 Å². The average Bonchev–Trinajstić information content (AvgIpc) is 2.76. The van der Waals surface area contributed by atoms with E-state index < -0.39 is 17.5 Å². The van der Waals surface area contributed by atoms with Gasteiger partial charge in [0.1, 0.15) is 23.3 Å². The van der Waals surface area contributed by atoms with Gasteiger partial charge in [0.25, 0.3) is 0 Å². The lowest BCUT2D eigenvalue weighted by molar-refractivity contribution is 0.602. The lowest BCUT2D eigenvalue weighted by atomic mass is 10.2. The highest BCUT2D eigenvalue weighted by atomic mass is 35.5. The Labute approximate surface area is 110 Å². The van der Waals surface area contributed by atoms with E-state index in [0.717, 1.165) is 12.1 Å². The molecule has 96 valence electrons. The van der Waals surface area contributed by atoms with Gasteiger partial charge in [0.15, 0.2) is 0 Å². The SMILES string of the molecule is Fc1ccc2nc(-c3cc(F)c(Cl)cc3F)[nH]c2c1. The summed E-state index contributed by atoms with van der Waals surface area (Å²) in [6, 6.07) is 5.75. The first-order valence-corrected chi connectivity index (χ1v) is 5.72. The third-order valence-electron chi connectivity index (χ3n) is 2.71. The second kappa shape index (κ2) is 4.28. The molecule has 2 nitrogen and oxygen atoms in total. The molecule has 3 rings (SSSR count). The Hall–Kier alpha value is -2.01. The summed E-state index contributed by atoms with van der Waals surface area (Å²) in [7, 11) is 0. The molecular weight excluding hydrogens is 277 g/mol. The summed E-state index contributed by atoms with van der Waals surface area (Å²) in [6.45, 7) is 0. The number of hydrogen-bond acceptors (Lipinski definition) is 1. The van der Waals surface area contributed by atoms with Crippen molar-refractivity contribution in [1.29, 1.82) is 0 Å². The van der Waals surface area contributed by atoms with Crippen LogP contribution in [0.2, 0.25) is 5.02 Å². The van der Waals surface area contributed by atoms with Gasteiger partial charge in [0.2, 0.25) is 0 Å². The first-order chi connectivity index (χ1) is 9.04. The molecule has 6 heteroatoms. The lowest BCUT2D eigenvalue weighted by Crippen LogP contribution is -1.89. The molecule has 0 radical (unpaired) electrons. The number of nitrogens with one attached hydrogen (secondary N) is 1. The van der Waals surface area contributed by atoms with Gasteiger partial charge in [-0.25, -0.2) is 18.2 Å². The normalized spacial score (nSPS) is 11.2. The van der Waals surface area contributed by atoms with Crippen LogP contribution in [-0.4, -0.2) is 9.97 Å². The second-order valence-electron chi connectivity index (χ2n) is 3.99. The minimum atomic E-state index is -0.746. The summed E-state index contributed by atoms with van der Waals surface area (Å²) in [6.07, 6.45) is 0. The van der Waals surface area contributed by atoms with Crippen LogP contribution in [-0.2, 0) is 0 Å². The van der Waals surface area contributed by atoms with Gasteiger partial charge >= 0.3 is 0 Å². The molecule has 0 amide bonds. The summed E-state index contributed by atoms with van der Waals surface area (Å²) < 4.78 is 40.1. The number of imidazole rings is 1. The fourth-order valence-corrected chi connectivity index (χ4v) is 1.96. The summed E-state index contributed by atoms with van der Waals surface area (Å²) in [5.41, 5.74) is 0.814. The first kappa shape index (κ1) is 12.0. The van der Waals surface area contributed by atoms with Crippen molar-refractivity contribution in [2.45, 2.75) is 0 Å². The molecule has 1 heterocycles. The lowest BCUT2D eigenvalue weighted by Gasteiger charge is -2.01. The maximum Gasteiger partial charge on any atom is 0.142 e. The molecule has 0 aliphatic rings. The van der Waals surface area contributed by atoms with Crippen molar-refractivity contribution in [2.75, 3.05) is 0 Å². The van der Waals surface area contributed by atoms with Crippen molar-refractivity contribution in [1.82, 2.24) is 9.97 Å². The zero-order valence-electron chi connectivity index (χ0n) is 9.35. The monoisotopic (exact) mass is 282 g/mol. The predicted molar refractivity (Wildman–Crippen MR) is 66.4 cm³/mol. The topological polar surface area (TPSA) is 28.7 Å². The van der Waals surface area contributed by atoms with Crippen LogP contribution in [0.15, 0.2) is 30.3 Å².